The molecule has 8 nitrogen and oxygen atoms in total. The average Bonchev–Trinajstić information content (AvgIpc) is 3.55. The van der Waals surface area contributed by atoms with Gasteiger partial charge in [-0.15, -0.1) is 0 Å². The fourth-order valence-electron chi connectivity index (χ4n) is 3.16. The van der Waals surface area contributed by atoms with Crippen LogP contribution in [0.15, 0.2) is 30.7 Å². The molecule has 0 spiro atoms. The first-order valence-corrected chi connectivity index (χ1v) is 11.3. The van der Waals surface area contributed by atoms with Crippen molar-refractivity contribution < 1.29 is 9.53 Å². The average molecular weight is 477 g/mol. The molecule has 10 heteroatoms. The maximum absolute atomic E-state index is 13.2. The number of aryl methyl sites for hydroxylation is 1. The van der Waals surface area contributed by atoms with Crippen LogP contribution in [0.2, 0.25) is 5.15 Å². The van der Waals surface area contributed by atoms with Crippen molar-refractivity contribution in [3.8, 4) is 28.7 Å². The summed E-state index contributed by atoms with van der Waals surface area (Å²) in [5, 5.41) is 3.50. The standard InChI is InChI=1S/C23H17ClN6O2S/c1-12-7-15(16-8-19(24)26-11-18(16)32-2)17(10-25-12)21(31)30-23-29-20-22(33-23)28-14(9-27-20)6-5-13-3-4-13/h7-11,13H,3-4H2,1-2H3,(H,27,29,30,31). The Bertz CT molecular complexity index is 1450. The number of fused-ring (bicyclic) bond motifs is 1. The molecular formula is C23H17ClN6O2S. The zero-order valence-corrected chi connectivity index (χ0v) is 19.3. The second kappa shape index (κ2) is 8.73. The molecule has 4 heterocycles. The third-order valence-electron chi connectivity index (χ3n) is 4.95. The summed E-state index contributed by atoms with van der Waals surface area (Å²) in [7, 11) is 1.53. The van der Waals surface area contributed by atoms with Crippen LogP contribution in [0.3, 0.4) is 0 Å². The van der Waals surface area contributed by atoms with E-state index >= 15 is 0 Å². The van der Waals surface area contributed by atoms with Crippen molar-refractivity contribution >= 4 is 44.5 Å². The molecule has 1 N–H and O–H groups in total. The SMILES string of the molecule is COc1cnc(Cl)cc1-c1cc(C)ncc1C(=O)Nc1nc2ncc(C#CC3CC3)nc2s1. The molecule has 1 fully saturated rings. The van der Waals surface area contributed by atoms with E-state index in [2.05, 4.69) is 42.1 Å². The van der Waals surface area contributed by atoms with Gasteiger partial charge in [0.2, 0.25) is 0 Å². The number of rotatable bonds is 4. The summed E-state index contributed by atoms with van der Waals surface area (Å²) in [5.41, 5.74) is 3.40. The molecule has 0 bridgehead atoms. The third kappa shape index (κ3) is 4.62. The summed E-state index contributed by atoms with van der Waals surface area (Å²) >= 11 is 7.35. The highest BCUT2D eigenvalue weighted by Crippen LogP contribution is 2.34. The van der Waals surface area contributed by atoms with Crippen LogP contribution in [-0.2, 0) is 0 Å². The van der Waals surface area contributed by atoms with Gasteiger partial charge in [-0.3, -0.25) is 15.1 Å². The topological polar surface area (TPSA) is 103 Å². The summed E-state index contributed by atoms with van der Waals surface area (Å²) in [5.74, 6) is 6.82. The molecule has 4 aromatic heterocycles. The monoisotopic (exact) mass is 476 g/mol. The number of halogens is 1. The number of pyridine rings is 2. The van der Waals surface area contributed by atoms with Crippen LogP contribution in [-0.4, -0.2) is 37.9 Å². The van der Waals surface area contributed by atoms with Gasteiger partial charge < -0.3 is 4.74 Å². The second-order valence-corrected chi connectivity index (χ2v) is 8.84. The number of methoxy groups -OCH3 is 1. The number of amides is 1. The van der Waals surface area contributed by atoms with Gasteiger partial charge in [-0.05, 0) is 37.8 Å². The number of aromatic nitrogens is 5. The van der Waals surface area contributed by atoms with E-state index in [1.165, 1.54) is 30.8 Å². The van der Waals surface area contributed by atoms with Crippen LogP contribution in [0, 0.1) is 24.7 Å². The number of ether oxygens (including phenoxy) is 1. The molecule has 0 atom stereocenters. The predicted octanol–water partition coefficient (Wildman–Crippen LogP) is 4.53. The van der Waals surface area contributed by atoms with Gasteiger partial charge in [-0.2, -0.15) is 4.98 Å². The maximum Gasteiger partial charge on any atom is 0.259 e. The van der Waals surface area contributed by atoms with Gasteiger partial charge in [0.25, 0.3) is 5.91 Å². The van der Waals surface area contributed by atoms with Gasteiger partial charge in [0.15, 0.2) is 15.6 Å². The lowest BCUT2D eigenvalue weighted by Crippen LogP contribution is -2.14. The molecule has 1 aliphatic rings. The van der Waals surface area contributed by atoms with Gasteiger partial charge in [0, 0.05) is 28.9 Å². The minimum Gasteiger partial charge on any atom is -0.494 e. The molecule has 33 heavy (non-hydrogen) atoms. The zero-order chi connectivity index (χ0) is 22.9. The molecule has 1 amide bonds. The van der Waals surface area contributed by atoms with Gasteiger partial charge in [0.05, 0.1) is 25.1 Å². The number of thiazole rings is 1. The van der Waals surface area contributed by atoms with Crippen LogP contribution in [0.4, 0.5) is 5.13 Å². The largest absolute Gasteiger partial charge is 0.494 e. The summed E-state index contributed by atoms with van der Waals surface area (Å²) in [4.78, 5) is 35.4. The number of hydrogen-bond donors (Lipinski definition) is 1. The van der Waals surface area contributed by atoms with Crippen molar-refractivity contribution in [3.63, 3.8) is 0 Å². The Labute approximate surface area is 198 Å². The smallest absolute Gasteiger partial charge is 0.259 e. The molecule has 0 saturated heterocycles. The highest BCUT2D eigenvalue weighted by molar-refractivity contribution is 7.21. The Morgan fingerprint density at radius 2 is 2.00 bits per heavy atom. The number of anilines is 1. The van der Waals surface area contributed by atoms with E-state index in [0.29, 0.717) is 49.7 Å². The number of nitrogens with zero attached hydrogens (tertiary/aromatic N) is 5. The fourth-order valence-corrected chi connectivity index (χ4v) is 4.11. The highest BCUT2D eigenvalue weighted by atomic mass is 35.5. The van der Waals surface area contributed by atoms with Gasteiger partial charge in [-0.1, -0.05) is 28.9 Å². The Hall–Kier alpha value is -3.61. The van der Waals surface area contributed by atoms with Crippen LogP contribution in [0.25, 0.3) is 21.6 Å². The molecule has 0 aliphatic heterocycles. The zero-order valence-electron chi connectivity index (χ0n) is 17.7. The van der Waals surface area contributed by atoms with E-state index in [1.807, 2.05) is 6.92 Å². The molecule has 1 saturated carbocycles. The van der Waals surface area contributed by atoms with Gasteiger partial charge >= 0.3 is 0 Å². The number of nitrogens with one attached hydrogen (secondary N) is 1. The van der Waals surface area contributed by atoms with Crippen molar-refractivity contribution in [1.29, 1.82) is 0 Å². The Balaban J connectivity index is 1.46. The lowest BCUT2D eigenvalue weighted by atomic mass is 10.0. The predicted molar refractivity (Wildman–Crippen MR) is 127 cm³/mol. The molecule has 0 radical (unpaired) electrons. The van der Waals surface area contributed by atoms with Crippen LogP contribution >= 0.6 is 22.9 Å². The summed E-state index contributed by atoms with van der Waals surface area (Å²) in [6.45, 7) is 1.84. The lowest BCUT2D eigenvalue weighted by Gasteiger charge is -2.13. The third-order valence-corrected chi connectivity index (χ3v) is 6.02. The van der Waals surface area contributed by atoms with E-state index in [1.54, 1.807) is 18.3 Å². The first-order valence-electron chi connectivity index (χ1n) is 10.1. The van der Waals surface area contributed by atoms with E-state index in [-0.39, 0.29) is 11.1 Å². The Morgan fingerprint density at radius 1 is 1.15 bits per heavy atom. The maximum atomic E-state index is 13.2. The van der Waals surface area contributed by atoms with Crippen LogP contribution < -0.4 is 10.1 Å². The van der Waals surface area contributed by atoms with Crippen LogP contribution in [0.1, 0.15) is 34.6 Å². The minimum atomic E-state index is -0.375. The quantitative estimate of drug-likeness (QED) is 0.341. The second-order valence-electron chi connectivity index (χ2n) is 7.48. The summed E-state index contributed by atoms with van der Waals surface area (Å²) in [6, 6.07) is 3.46. The molecule has 5 rings (SSSR count). The van der Waals surface area contributed by atoms with Crippen LogP contribution in [0.5, 0.6) is 5.75 Å². The van der Waals surface area contributed by atoms with Crippen molar-refractivity contribution in [1.82, 2.24) is 24.9 Å². The number of hydrogen-bond acceptors (Lipinski definition) is 8. The van der Waals surface area contributed by atoms with Crippen molar-refractivity contribution in [3.05, 3.63) is 52.8 Å². The van der Waals surface area contributed by atoms with E-state index in [0.717, 1.165) is 18.5 Å². The van der Waals surface area contributed by atoms with Gasteiger partial charge in [0.1, 0.15) is 16.6 Å². The van der Waals surface area contributed by atoms with Crippen molar-refractivity contribution in [2.45, 2.75) is 19.8 Å². The highest BCUT2D eigenvalue weighted by Gasteiger charge is 2.20. The van der Waals surface area contributed by atoms with E-state index in [9.17, 15) is 4.79 Å². The molecule has 0 unspecified atom stereocenters. The molecule has 164 valence electrons. The van der Waals surface area contributed by atoms with E-state index < -0.39 is 0 Å². The molecule has 0 aromatic carbocycles. The first kappa shape index (κ1) is 21.2. The number of carbonyl (C=O) groups is 1. The molecule has 1 aliphatic carbocycles. The lowest BCUT2D eigenvalue weighted by molar-refractivity contribution is 0.102. The Morgan fingerprint density at radius 3 is 2.79 bits per heavy atom. The van der Waals surface area contributed by atoms with E-state index in [4.69, 9.17) is 16.3 Å². The number of carbonyl (C=O) groups excluding carboxylic acids is 1. The summed E-state index contributed by atoms with van der Waals surface area (Å²) in [6.07, 6.45) is 6.93. The van der Waals surface area contributed by atoms with Crippen molar-refractivity contribution in [2.75, 3.05) is 12.4 Å². The summed E-state index contributed by atoms with van der Waals surface area (Å²) < 4.78 is 5.43. The minimum absolute atomic E-state index is 0.288. The first-order chi connectivity index (χ1) is 16.0. The normalized spacial score (nSPS) is 12.8. The van der Waals surface area contributed by atoms with Crippen molar-refractivity contribution in [2.24, 2.45) is 5.92 Å². The fraction of sp³-hybridized carbons (Fsp3) is 0.217. The molecular weight excluding hydrogens is 460 g/mol. The Kier molecular flexibility index (Phi) is 5.62. The molecule has 4 aromatic rings. The van der Waals surface area contributed by atoms with Gasteiger partial charge in [-0.25, -0.2) is 15.0 Å².